The third-order valence-electron chi connectivity index (χ3n) is 4.04. The van der Waals surface area contributed by atoms with E-state index in [1.165, 1.54) is 6.33 Å². The molecular weight excluding hydrogens is 348 g/mol. The van der Waals surface area contributed by atoms with Crippen molar-refractivity contribution in [2.45, 2.75) is 19.3 Å². The first-order valence-corrected chi connectivity index (χ1v) is 9.13. The summed E-state index contributed by atoms with van der Waals surface area (Å²) in [6.07, 6.45) is 3.06. The number of thiazole rings is 1. The zero-order chi connectivity index (χ0) is 17.9. The van der Waals surface area contributed by atoms with E-state index in [0.29, 0.717) is 23.7 Å². The molecule has 0 atom stereocenters. The van der Waals surface area contributed by atoms with Crippen LogP contribution in [0, 0.1) is 0 Å². The topological polar surface area (TPSA) is 76.9 Å². The van der Waals surface area contributed by atoms with Gasteiger partial charge in [-0.15, -0.1) is 11.3 Å². The van der Waals surface area contributed by atoms with Gasteiger partial charge in [-0.3, -0.25) is 15.0 Å². The number of benzene rings is 2. The molecule has 0 unspecified atom stereocenters. The number of nitrogens with one attached hydrogen (secondary N) is 1. The van der Waals surface area contributed by atoms with Crippen LogP contribution in [0.4, 0.5) is 0 Å². The molecule has 0 bridgehead atoms. The van der Waals surface area contributed by atoms with Crippen molar-refractivity contribution in [2.24, 2.45) is 0 Å². The van der Waals surface area contributed by atoms with Crippen molar-refractivity contribution in [1.29, 1.82) is 0 Å². The first-order chi connectivity index (χ1) is 12.7. The number of nitrogens with zero attached hydrogens (tertiary/aromatic N) is 3. The molecule has 0 fully saturated rings. The lowest BCUT2D eigenvalue weighted by Crippen LogP contribution is -2.33. The number of aromatic nitrogens is 3. The lowest BCUT2D eigenvalue weighted by atomic mass is 10.2. The van der Waals surface area contributed by atoms with Crippen molar-refractivity contribution >= 4 is 38.4 Å². The molecule has 0 spiro atoms. The van der Waals surface area contributed by atoms with Crippen LogP contribution in [-0.2, 0) is 11.2 Å². The molecule has 26 heavy (non-hydrogen) atoms. The van der Waals surface area contributed by atoms with E-state index in [0.717, 1.165) is 26.3 Å². The molecule has 0 radical (unpaired) electrons. The van der Waals surface area contributed by atoms with Gasteiger partial charge < -0.3 is 0 Å². The number of hydrogen-bond acceptors (Lipinski definition) is 5. The average Bonchev–Trinajstić information content (AvgIpc) is 3.07. The van der Waals surface area contributed by atoms with Crippen molar-refractivity contribution in [3.05, 3.63) is 70.2 Å². The summed E-state index contributed by atoms with van der Waals surface area (Å²) >= 11 is 1.65. The highest BCUT2D eigenvalue weighted by Crippen LogP contribution is 2.22. The third kappa shape index (κ3) is 3.34. The van der Waals surface area contributed by atoms with E-state index in [9.17, 15) is 9.59 Å². The van der Waals surface area contributed by atoms with Crippen molar-refractivity contribution in [3.8, 4) is 0 Å². The summed E-state index contributed by atoms with van der Waals surface area (Å²) in [7, 11) is 0. The number of amides is 1. The Balaban J connectivity index is 1.38. The number of para-hydroxylation sites is 2. The second kappa shape index (κ2) is 7.05. The zero-order valence-corrected chi connectivity index (χ0v) is 14.7. The Bertz CT molecular complexity index is 1120. The molecule has 0 aliphatic rings. The van der Waals surface area contributed by atoms with Gasteiger partial charge in [0.25, 0.3) is 5.56 Å². The minimum absolute atomic E-state index is 0.217. The molecule has 0 saturated heterocycles. The first-order valence-electron chi connectivity index (χ1n) is 8.31. The standard InChI is InChI=1S/C19H16N4O2S/c24-17(10-5-11-18-21-15-8-3-4-9-16(15)26-18)22-23-12-20-14-7-2-1-6-13(14)19(23)25/h1-4,6-9,12H,5,10-11H2,(H,22,24). The highest BCUT2D eigenvalue weighted by Gasteiger charge is 2.08. The van der Waals surface area contributed by atoms with Gasteiger partial charge in [0.1, 0.15) is 6.33 Å². The second-order valence-corrected chi connectivity index (χ2v) is 7.02. The smallest absolute Gasteiger partial charge is 0.273 e. The molecule has 0 saturated carbocycles. The number of hydrogen-bond donors (Lipinski definition) is 1. The number of carbonyl (C=O) groups excluding carboxylic acids is 1. The average molecular weight is 364 g/mol. The monoisotopic (exact) mass is 364 g/mol. The SMILES string of the molecule is O=C(CCCc1nc2ccccc2s1)Nn1cnc2ccccc2c1=O. The fourth-order valence-corrected chi connectivity index (χ4v) is 3.78. The summed E-state index contributed by atoms with van der Waals surface area (Å²) in [6, 6.07) is 15.0. The normalized spacial score (nSPS) is 11.1. The van der Waals surface area contributed by atoms with Gasteiger partial charge in [0, 0.05) is 6.42 Å². The van der Waals surface area contributed by atoms with E-state index in [2.05, 4.69) is 15.4 Å². The van der Waals surface area contributed by atoms with Crippen LogP contribution in [-0.4, -0.2) is 20.6 Å². The van der Waals surface area contributed by atoms with E-state index < -0.39 is 0 Å². The molecular formula is C19H16N4O2S. The van der Waals surface area contributed by atoms with E-state index in [-0.39, 0.29) is 11.5 Å². The van der Waals surface area contributed by atoms with Crippen molar-refractivity contribution < 1.29 is 4.79 Å². The van der Waals surface area contributed by atoms with Crippen LogP contribution in [0.1, 0.15) is 17.8 Å². The Morgan fingerprint density at radius 1 is 1.08 bits per heavy atom. The molecule has 2 aromatic carbocycles. The van der Waals surface area contributed by atoms with Gasteiger partial charge in [0.15, 0.2) is 0 Å². The Labute approximate surface area is 153 Å². The van der Waals surface area contributed by atoms with Gasteiger partial charge in [0.05, 0.1) is 26.1 Å². The predicted molar refractivity (Wildman–Crippen MR) is 103 cm³/mol. The predicted octanol–water partition coefficient (Wildman–Crippen LogP) is 3.10. The fourth-order valence-electron chi connectivity index (χ4n) is 2.77. The summed E-state index contributed by atoms with van der Waals surface area (Å²) in [6.45, 7) is 0. The minimum Gasteiger partial charge on any atom is -0.273 e. The highest BCUT2D eigenvalue weighted by atomic mass is 32.1. The molecule has 130 valence electrons. The summed E-state index contributed by atoms with van der Waals surface area (Å²) < 4.78 is 2.29. The van der Waals surface area contributed by atoms with E-state index in [4.69, 9.17) is 0 Å². The molecule has 7 heteroatoms. The van der Waals surface area contributed by atoms with Gasteiger partial charge in [-0.1, -0.05) is 24.3 Å². The van der Waals surface area contributed by atoms with E-state index >= 15 is 0 Å². The lowest BCUT2D eigenvalue weighted by molar-refractivity contribution is -0.117. The maximum Gasteiger partial charge on any atom is 0.280 e. The summed E-state index contributed by atoms with van der Waals surface area (Å²) in [5.41, 5.74) is 3.92. The van der Waals surface area contributed by atoms with Crippen LogP contribution in [0.2, 0.25) is 0 Å². The van der Waals surface area contributed by atoms with E-state index in [1.807, 2.05) is 30.3 Å². The molecule has 2 heterocycles. The zero-order valence-electron chi connectivity index (χ0n) is 13.9. The van der Waals surface area contributed by atoms with Crippen LogP contribution >= 0.6 is 11.3 Å². The first kappa shape index (κ1) is 16.4. The molecule has 0 aliphatic heterocycles. The van der Waals surface area contributed by atoms with Crippen LogP contribution in [0.5, 0.6) is 0 Å². The Morgan fingerprint density at radius 2 is 1.85 bits per heavy atom. The quantitative estimate of drug-likeness (QED) is 0.590. The number of carbonyl (C=O) groups is 1. The molecule has 2 aromatic heterocycles. The Kier molecular flexibility index (Phi) is 4.45. The molecule has 1 N–H and O–H groups in total. The van der Waals surface area contributed by atoms with Crippen molar-refractivity contribution in [1.82, 2.24) is 14.6 Å². The van der Waals surface area contributed by atoms with Crippen LogP contribution in [0.15, 0.2) is 59.7 Å². The summed E-state index contributed by atoms with van der Waals surface area (Å²) in [4.78, 5) is 33.3. The van der Waals surface area contributed by atoms with E-state index in [1.54, 1.807) is 29.5 Å². The minimum atomic E-state index is -0.282. The maximum absolute atomic E-state index is 12.4. The number of aryl methyl sites for hydroxylation is 1. The molecule has 1 amide bonds. The summed E-state index contributed by atoms with van der Waals surface area (Å²) in [5, 5.41) is 1.49. The van der Waals surface area contributed by atoms with Crippen LogP contribution in [0.3, 0.4) is 0 Å². The Morgan fingerprint density at radius 3 is 2.69 bits per heavy atom. The van der Waals surface area contributed by atoms with Crippen molar-refractivity contribution in [3.63, 3.8) is 0 Å². The lowest BCUT2D eigenvalue weighted by Gasteiger charge is -2.08. The van der Waals surface area contributed by atoms with Gasteiger partial charge in [-0.25, -0.2) is 14.6 Å². The molecule has 4 aromatic rings. The number of rotatable bonds is 5. The molecule has 0 aliphatic carbocycles. The van der Waals surface area contributed by atoms with Gasteiger partial charge in [0.2, 0.25) is 5.91 Å². The van der Waals surface area contributed by atoms with Gasteiger partial charge in [-0.05, 0) is 37.1 Å². The highest BCUT2D eigenvalue weighted by molar-refractivity contribution is 7.18. The van der Waals surface area contributed by atoms with Crippen LogP contribution < -0.4 is 11.0 Å². The number of fused-ring (bicyclic) bond motifs is 2. The third-order valence-corrected chi connectivity index (χ3v) is 5.14. The molecule has 4 rings (SSSR count). The molecule has 6 nitrogen and oxygen atoms in total. The fraction of sp³-hybridized carbons (Fsp3) is 0.158. The van der Waals surface area contributed by atoms with Crippen LogP contribution in [0.25, 0.3) is 21.1 Å². The maximum atomic E-state index is 12.4. The summed E-state index contributed by atoms with van der Waals surface area (Å²) in [5.74, 6) is -0.217. The second-order valence-electron chi connectivity index (χ2n) is 5.90. The largest absolute Gasteiger partial charge is 0.280 e. The van der Waals surface area contributed by atoms with Crippen molar-refractivity contribution in [2.75, 3.05) is 5.43 Å². The Hall–Kier alpha value is -3.06. The van der Waals surface area contributed by atoms with Gasteiger partial charge >= 0.3 is 0 Å². The van der Waals surface area contributed by atoms with Gasteiger partial charge in [-0.2, -0.15) is 0 Å².